The van der Waals surface area contributed by atoms with Crippen molar-refractivity contribution in [3.05, 3.63) is 79.4 Å². The van der Waals surface area contributed by atoms with Crippen molar-refractivity contribution in [2.24, 2.45) is 5.10 Å². The van der Waals surface area contributed by atoms with Gasteiger partial charge in [-0.05, 0) is 49.8 Å². The zero-order chi connectivity index (χ0) is 19.6. The molecular weight excluding hydrogens is 414 g/mol. The minimum Gasteiger partial charge on any atom is -0.448 e. The predicted octanol–water partition coefficient (Wildman–Crippen LogP) is 4.94. The molecule has 0 unspecified atom stereocenters. The molecule has 0 fully saturated rings. The van der Waals surface area contributed by atoms with Gasteiger partial charge in [0.15, 0.2) is 0 Å². The van der Waals surface area contributed by atoms with Crippen molar-refractivity contribution in [1.29, 1.82) is 0 Å². The molecule has 138 valence electrons. The van der Waals surface area contributed by atoms with E-state index in [2.05, 4.69) is 21.0 Å². The summed E-state index contributed by atoms with van der Waals surface area (Å²) in [4.78, 5) is 22.8. The van der Waals surface area contributed by atoms with Gasteiger partial charge in [-0.25, -0.2) is 4.79 Å². The summed E-state index contributed by atoms with van der Waals surface area (Å²) >= 11 is 3.46. The number of nitrogens with zero attached hydrogens (tertiary/aromatic N) is 3. The zero-order valence-electron chi connectivity index (χ0n) is 14.7. The van der Waals surface area contributed by atoms with Gasteiger partial charge in [0.2, 0.25) is 0 Å². The van der Waals surface area contributed by atoms with Gasteiger partial charge in [0.05, 0.1) is 17.2 Å². The van der Waals surface area contributed by atoms with Crippen LogP contribution in [0, 0.1) is 10.1 Å². The third kappa shape index (κ3) is 3.90. The molecule has 1 aliphatic heterocycles. The number of benzene rings is 2. The number of allylic oxidation sites excluding steroid dienone is 1. The number of hydrazone groups is 1. The van der Waals surface area contributed by atoms with E-state index in [1.807, 2.05) is 24.3 Å². The summed E-state index contributed by atoms with van der Waals surface area (Å²) < 4.78 is 5.96. The number of amides is 1. The minimum absolute atomic E-state index is 0.0148. The number of carbonyl (C=O) groups is 1. The molecular formula is C19H16BrN3O4. The van der Waals surface area contributed by atoms with Crippen molar-refractivity contribution in [3.63, 3.8) is 0 Å². The van der Waals surface area contributed by atoms with Gasteiger partial charge in [-0.15, -0.1) is 0 Å². The molecule has 0 spiro atoms. The fraction of sp³-hybridized carbons (Fsp3) is 0.158. The SMILES string of the molecule is CCOC(=O)N1N=C(c2ccc([N+](=O)[O-])cc2)c2cc(Br)ccc2C=C1C. The molecule has 2 aromatic rings. The summed E-state index contributed by atoms with van der Waals surface area (Å²) in [6, 6.07) is 11.8. The van der Waals surface area contributed by atoms with Crippen molar-refractivity contribution in [2.45, 2.75) is 13.8 Å². The van der Waals surface area contributed by atoms with E-state index < -0.39 is 11.0 Å². The number of halogens is 1. The number of carbonyl (C=O) groups excluding carboxylic acids is 1. The molecule has 1 heterocycles. The highest BCUT2D eigenvalue weighted by molar-refractivity contribution is 9.10. The van der Waals surface area contributed by atoms with Crippen molar-refractivity contribution >= 4 is 39.5 Å². The number of nitro groups is 1. The Morgan fingerprint density at radius 2 is 1.96 bits per heavy atom. The highest BCUT2D eigenvalue weighted by atomic mass is 79.9. The van der Waals surface area contributed by atoms with Gasteiger partial charge >= 0.3 is 6.09 Å². The van der Waals surface area contributed by atoms with Gasteiger partial charge in [0.25, 0.3) is 5.69 Å². The first-order valence-electron chi connectivity index (χ1n) is 8.19. The van der Waals surface area contributed by atoms with Crippen LogP contribution < -0.4 is 0 Å². The third-order valence-electron chi connectivity index (χ3n) is 3.96. The largest absolute Gasteiger partial charge is 0.448 e. The predicted molar refractivity (Wildman–Crippen MR) is 105 cm³/mol. The van der Waals surface area contributed by atoms with Gasteiger partial charge in [-0.1, -0.05) is 22.0 Å². The van der Waals surface area contributed by atoms with E-state index in [9.17, 15) is 14.9 Å². The Hall–Kier alpha value is -3.00. The van der Waals surface area contributed by atoms with Crippen molar-refractivity contribution < 1.29 is 14.5 Å². The number of non-ortho nitro benzene ring substituents is 1. The summed E-state index contributed by atoms with van der Waals surface area (Å²) in [5.74, 6) is 0. The van der Waals surface area contributed by atoms with E-state index >= 15 is 0 Å². The number of rotatable bonds is 3. The van der Waals surface area contributed by atoms with Crippen molar-refractivity contribution in [1.82, 2.24) is 5.01 Å². The summed E-state index contributed by atoms with van der Waals surface area (Å²) in [5, 5.41) is 16.7. The molecule has 0 saturated heterocycles. The highest BCUT2D eigenvalue weighted by Crippen LogP contribution is 2.28. The quantitative estimate of drug-likeness (QED) is 0.510. The number of ether oxygens (including phenoxy) is 1. The normalized spacial score (nSPS) is 13.2. The molecule has 8 heteroatoms. The maximum absolute atomic E-state index is 12.4. The van der Waals surface area contributed by atoms with Crippen molar-refractivity contribution in [3.8, 4) is 0 Å². The van der Waals surface area contributed by atoms with E-state index in [1.165, 1.54) is 17.1 Å². The summed E-state index contributed by atoms with van der Waals surface area (Å²) in [5.41, 5.74) is 3.43. The third-order valence-corrected chi connectivity index (χ3v) is 4.45. The lowest BCUT2D eigenvalue weighted by Gasteiger charge is -2.17. The number of nitro benzene ring substituents is 1. The number of hydrogen-bond acceptors (Lipinski definition) is 5. The summed E-state index contributed by atoms with van der Waals surface area (Å²) in [7, 11) is 0. The lowest BCUT2D eigenvalue weighted by atomic mass is 9.97. The van der Waals surface area contributed by atoms with E-state index in [0.717, 1.165) is 15.6 Å². The van der Waals surface area contributed by atoms with E-state index in [1.54, 1.807) is 26.0 Å². The molecule has 0 bridgehead atoms. The van der Waals surface area contributed by atoms with Crippen LogP contribution in [0.5, 0.6) is 0 Å². The van der Waals surface area contributed by atoms with E-state index in [0.29, 0.717) is 17.0 Å². The smallest absolute Gasteiger partial charge is 0.434 e. The van der Waals surface area contributed by atoms with Crippen LogP contribution in [0.4, 0.5) is 10.5 Å². The lowest BCUT2D eigenvalue weighted by Crippen LogP contribution is -2.26. The molecule has 1 amide bonds. The maximum Gasteiger partial charge on any atom is 0.434 e. The Bertz CT molecular complexity index is 967. The first-order valence-corrected chi connectivity index (χ1v) is 8.98. The lowest BCUT2D eigenvalue weighted by molar-refractivity contribution is -0.384. The average molecular weight is 430 g/mol. The minimum atomic E-state index is -0.586. The van der Waals surface area contributed by atoms with Crippen LogP contribution in [-0.4, -0.2) is 28.3 Å². The molecule has 0 aliphatic carbocycles. The monoisotopic (exact) mass is 429 g/mol. The van der Waals surface area contributed by atoms with Crippen LogP contribution in [0.1, 0.15) is 30.5 Å². The van der Waals surface area contributed by atoms with Crippen LogP contribution in [0.25, 0.3) is 6.08 Å². The van der Waals surface area contributed by atoms with Gasteiger partial charge in [0.1, 0.15) is 0 Å². The molecule has 27 heavy (non-hydrogen) atoms. The Morgan fingerprint density at radius 3 is 2.59 bits per heavy atom. The Balaban J connectivity index is 2.18. The maximum atomic E-state index is 12.4. The Kier molecular flexibility index (Phi) is 5.36. The second-order valence-corrected chi connectivity index (χ2v) is 6.70. The van der Waals surface area contributed by atoms with Gasteiger partial charge in [-0.3, -0.25) is 10.1 Å². The van der Waals surface area contributed by atoms with Gasteiger partial charge in [-0.2, -0.15) is 10.1 Å². The Morgan fingerprint density at radius 1 is 1.26 bits per heavy atom. The van der Waals surface area contributed by atoms with E-state index in [4.69, 9.17) is 4.74 Å². The second-order valence-electron chi connectivity index (χ2n) is 5.78. The van der Waals surface area contributed by atoms with Crippen LogP contribution in [-0.2, 0) is 4.74 Å². The van der Waals surface area contributed by atoms with Crippen molar-refractivity contribution in [2.75, 3.05) is 6.61 Å². The molecule has 0 atom stereocenters. The summed E-state index contributed by atoms with van der Waals surface area (Å²) in [6.07, 6.45) is 1.26. The van der Waals surface area contributed by atoms with Crippen LogP contribution in [0.2, 0.25) is 0 Å². The fourth-order valence-corrected chi connectivity index (χ4v) is 3.06. The fourth-order valence-electron chi connectivity index (χ4n) is 2.70. The van der Waals surface area contributed by atoms with Gasteiger partial charge in [0, 0.05) is 33.4 Å². The molecule has 0 aromatic heterocycles. The molecule has 7 nitrogen and oxygen atoms in total. The van der Waals surface area contributed by atoms with Crippen LogP contribution >= 0.6 is 15.9 Å². The van der Waals surface area contributed by atoms with Gasteiger partial charge < -0.3 is 4.74 Å². The number of fused-ring (bicyclic) bond motifs is 1. The van der Waals surface area contributed by atoms with Crippen LogP contribution in [0.15, 0.2) is 57.7 Å². The second kappa shape index (κ2) is 7.71. The molecule has 0 N–H and O–H groups in total. The zero-order valence-corrected chi connectivity index (χ0v) is 16.3. The summed E-state index contributed by atoms with van der Waals surface area (Å²) in [6.45, 7) is 3.72. The standard InChI is InChI=1S/C19H16BrN3O4/c1-3-27-19(24)22-12(2)10-14-4-7-15(20)11-17(14)18(21-22)13-5-8-16(9-6-13)23(25)26/h4-11H,3H2,1-2H3. The molecule has 2 aromatic carbocycles. The Labute approximate surface area is 164 Å². The van der Waals surface area contributed by atoms with Crippen LogP contribution in [0.3, 0.4) is 0 Å². The molecule has 1 aliphatic rings. The first kappa shape index (κ1) is 18.8. The molecule has 0 saturated carbocycles. The molecule has 0 radical (unpaired) electrons. The number of hydrogen-bond donors (Lipinski definition) is 0. The highest BCUT2D eigenvalue weighted by Gasteiger charge is 2.23. The average Bonchev–Trinajstić information content (AvgIpc) is 2.78. The topological polar surface area (TPSA) is 85.0 Å². The van der Waals surface area contributed by atoms with E-state index in [-0.39, 0.29) is 12.3 Å². The first-order chi connectivity index (χ1) is 12.9. The molecule has 3 rings (SSSR count).